The number of hydrogen-bond donors (Lipinski definition) is 0. The maximum Gasteiger partial charge on any atom is -0.0129 e. The molecule has 0 aliphatic heterocycles. The van der Waals surface area contributed by atoms with E-state index < -0.39 is 0 Å². The van der Waals surface area contributed by atoms with Crippen LogP contribution in [-0.2, 0) is 31.1 Å². The van der Waals surface area contributed by atoms with Crippen LogP contribution in [0.4, 0.5) is 0 Å². The van der Waals surface area contributed by atoms with E-state index in [2.05, 4.69) is 71.0 Å². The maximum atomic E-state index is 2.47. The van der Waals surface area contributed by atoms with Gasteiger partial charge in [-0.05, 0) is 70.4 Å². The molecule has 24 heavy (non-hydrogen) atoms. The van der Waals surface area contributed by atoms with E-state index in [4.69, 9.17) is 0 Å². The highest BCUT2D eigenvalue weighted by atomic mass is 14.2. The molecule has 4 aliphatic rings. The quantitative estimate of drug-likeness (QED) is 0.553. The summed E-state index contributed by atoms with van der Waals surface area (Å²) < 4.78 is 0. The zero-order chi connectivity index (χ0) is 16.6. The Labute approximate surface area is 149 Å². The number of hydrogen-bond acceptors (Lipinski definition) is 0. The van der Waals surface area contributed by atoms with Gasteiger partial charge in [0.2, 0.25) is 0 Å². The predicted octanol–water partition coefficient (Wildman–Crippen LogP) is 6.63. The predicted molar refractivity (Wildman–Crippen MR) is 107 cm³/mol. The fourth-order valence-corrected chi connectivity index (χ4v) is 3.82. The topological polar surface area (TPSA) is 0 Å². The largest absolute Gasteiger partial charge is 0.0776 e. The monoisotopic (exact) mass is 322 g/mol. The first kappa shape index (κ1) is 18.8. The van der Waals surface area contributed by atoms with Crippen LogP contribution in [0.15, 0.2) is 36.4 Å². The first-order valence-corrected chi connectivity index (χ1v) is 9.08. The summed E-state index contributed by atoms with van der Waals surface area (Å²) in [6.45, 7) is 11.7. The van der Waals surface area contributed by atoms with Crippen LogP contribution < -0.4 is 0 Å². The van der Waals surface area contributed by atoms with Crippen LogP contribution in [0.5, 0.6) is 0 Å². The van der Waals surface area contributed by atoms with Crippen LogP contribution in [0.25, 0.3) is 0 Å². The Morgan fingerprint density at radius 2 is 1.29 bits per heavy atom. The number of aryl methyl sites for hydroxylation is 4. The first-order chi connectivity index (χ1) is 10.8. The van der Waals surface area contributed by atoms with Gasteiger partial charge in [0.25, 0.3) is 0 Å². The van der Waals surface area contributed by atoms with Crippen molar-refractivity contribution in [2.75, 3.05) is 0 Å². The van der Waals surface area contributed by atoms with Crippen LogP contribution >= 0.6 is 0 Å². The highest BCUT2D eigenvalue weighted by Crippen LogP contribution is 2.30. The average Bonchev–Trinajstić information content (AvgIpc) is 2.48. The number of rotatable bonds is 1. The van der Waals surface area contributed by atoms with Crippen LogP contribution in [0, 0.1) is 0 Å². The van der Waals surface area contributed by atoms with Crippen LogP contribution in [0.2, 0.25) is 0 Å². The minimum atomic E-state index is 0. The zero-order valence-electron chi connectivity index (χ0n) is 15.4. The van der Waals surface area contributed by atoms with Gasteiger partial charge in [-0.3, -0.25) is 0 Å². The molecule has 4 aliphatic carbocycles. The van der Waals surface area contributed by atoms with Gasteiger partial charge >= 0.3 is 0 Å². The Bertz CT molecular complexity index is 698. The Morgan fingerprint density at radius 3 is 1.88 bits per heavy atom. The maximum absolute atomic E-state index is 2.47. The minimum Gasteiger partial charge on any atom is -0.0776 e. The smallest absolute Gasteiger partial charge is 0.0129 e. The van der Waals surface area contributed by atoms with E-state index in [-0.39, 0.29) is 12.8 Å². The summed E-state index contributed by atoms with van der Waals surface area (Å²) in [6.07, 6.45) is 4.57. The highest BCUT2D eigenvalue weighted by Gasteiger charge is 2.19. The van der Waals surface area contributed by atoms with Crippen LogP contribution in [0.3, 0.4) is 0 Å². The van der Waals surface area contributed by atoms with Gasteiger partial charge in [-0.2, -0.15) is 0 Å². The molecule has 0 nitrogen and oxygen atoms in total. The lowest BCUT2D eigenvalue weighted by atomic mass is 9.80. The van der Waals surface area contributed by atoms with E-state index in [1.165, 1.54) is 27.8 Å². The van der Waals surface area contributed by atoms with E-state index in [0.717, 1.165) is 25.7 Å². The molecule has 0 spiro atoms. The summed E-state index contributed by atoms with van der Waals surface area (Å²) in [6, 6.07) is 14.4. The molecule has 130 valence electrons. The lowest BCUT2D eigenvalue weighted by Crippen LogP contribution is -2.16. The zero-order valence-corrected chi connectivity index (χ0v) is 15.4. The molecule has 0 radical (unpaired) electrons. The van der Waals surface area contributed by atoms with Gasteiger partial charge in [0.1, 0.15) is 0 Å². The van der Waals surface area contributed by atoms with Crippen LogP contribution in [0.1, 0.15) is 81.3 Å². The SMILES string of the molecule is C.CC(C)c1cc2ccc1CCc1ccc(c(C(C)(C)C)c1)CC2. The van der Waals surface area contributed by atoms with Crippen molar-refractivity contribution in [3.8, 4) is 0 Å². The van der Waals surface area contributed by atoms with E-state index in [0.29, 0.717) is 5.92 Å². The molecule has 0 heterocycles. The third-order valence-corrected chi connectivity index (χ3v) is 5.18. The van der Waals surface area contributed by atoms with E-state index >= 15 is 0 Å². The molecule has 6 rings (SSSR count). The van der Waals surface area contributed by atoms with Crippen molar-refractivity contribution >= 4 is 0 Å². The van der Waals surface area contributed by atoms with Crippen molar-refractivity contribution in [1.82, 2.24) is 0 Å². The van der Waals surface area contributed by atoms with Gasteiger partial charge in [-0.25, -0.2) is 0 Å². The highest BCUT2D eigenvalue weighted by molar-refractivity contribution is 5.40. The van der Waals surface area contributed by atoms with Crippen molar-refractivity contribution in [3.05, 3.63) is 69.8 Å². The fraction of sp³-hybridized carbons (Fsp3) is 0.500. The Balaban J connectivity index is 0.00000208. The summed E-state index contributed by atoms with van der Waals surface area (Å²) in [5, 5.41) is 0. The third kappa shape index (κ3) is 3.91. The van der Waals surface area contributed by atoms with E-state index in [1.54, 1.807) is 5.56 Å². The molecule has 0 fully saturated rings. The molecule has 4 bridgehead atoms. The van der Waals surface area contributed by atoms with Gasteiger partial charge in [-0.15, -0.1) is 0 Å². The summed E-state index contributed by atoms with van der Waals surface area (Å²) >= 11 is 0. The van der Waals surface area contributed by atoms with Crippen molar-refractivity contribution in [2.24, 2.45) is 0 Å². The second-order valence-electron chi connectivity index (χ2n) is 8.43. The molecular formula is C24H34. The van der Waals surface area contributed by atoms with Gasteiger partial charge < -0.3 is 0 Å². The third-order valence-electron chi connectivity index (χ3n) is 5.18. The molecule has 2 aromatic rings. The molecular weight excluding hydrogens is 288 g/mol. The molecule has 0 aromatic heterocycles. The molecule has 0 N–H and O–H groups in total. The lowest BCUT2D eigenvalue weighted by molar-refractivity contribution is 0.580. The Hall–Kier alpha value is -1.56. The molecule has 0 saturated carbocycles. The standard InChI is InChI=1S/C23H30.CH4/c1-16(2)21-14-17-6-10-19(21)11-7-18-9-13-20(12-8-17)22(15-18)23(3,4)5;/h6,9-10,13-16H,7-8,11-12H2,1-5H3;1H4. The van der Waals surface area contributed by atoms with Crippen molar-refractivity contribution in [3.63, 3.8) is 0 Å². The second-order valence-corrected chi connectivity index (χ2v) is 8.43. The minimum absolute atomic E-state index is 0. The van der Waals surface area contributed by atoms with Gasteiger partial charge in [0.05, 0.1) is 0 Å². The summed E-state index contributed by atoms with van der Waals surface area (Å²) in [5.41, 5.74) is 9.34. The summed E-state index contributed by atoms with van der Waals surface area (Å²) in [7, 11) is 0. The molecule has 0 atom stereocenters. The lowest BCUT2D eigenvalue weighted by Gasteiger charge is -2.25. The normalized spacial score (nSPS) is 14.2. The molecule has 2 aromatic carbocycles. The summed E-state index contributed by atoms with van der Waals surface area (Å²) in [4.78, 5) is 0. The number of benzene rings is 2. The summed E-state index contributed by atoms with van der Waals surface area (Å²) in [5.74, 6) is 0.610. The molecule has 0 heteroatoms. The molecule has 0 amide bonds. The van der Waals surface area contributed by atoms with Gasteiger partial charge in [-0.1, -0.05) is 78.4 Å². The Kier molecular flexibility index (Phi) is 5.58. The van der Waals surface area contributed by atoms with Crippen molar-refractivity contribution in [1.29, 1.82) is 0 Å². The first-order valence-electron chi connectivity index (χ1n) is 9.08. The average molecular weight is 323 g/mol. The van der Waals surface area contributed by atoms with E-state index in [1.807, 2.05) is 0 Å². The molecule has 0 saturated heterocycles. The second kappa shape index (κ2) is 7.13. The van der Waals surface area contributed by atoms with Crippen molar-refractivity contribution in [2.45, 2.75) is 79.1 Å². The van der Waals surface area contributed by atoms with Gasteiger partial charge in [0.15, 0.2) is 0 Å². The van der Waals surface area contributed by atoms with Gasteiger partial charge in [0, 0.05) is 0 Å². The van der Waals surface area contributed by atoms with Crippen molar-refractivity contribution < 1.29 is 0 Å². The van der Waals surface area contributed by atoms with Crippen LogP contribution in [-0.4, -0.2) is 0 Å². The fourth-order valence-electron chi connectivity index (χ4n) is 3.82. The Morgan fingerprint density at radius 1 is 0.750 bits per heavy atom. The van der Waals surface area contributed by atoms with E-state index in [9.17, 15) is 0 Å². The molecule has 0 unspecified atom stereocenters.